The van der Waals surface area contributed by atoms with Crippen molar-refractivity contribution in [2.75, 3.05) is 18.5 Å². The van der Waals surface area contributed by atoms with Crippen LogP contribution in [-0.2, 0) is 19.2 Å². The van der Waals surface area contributed by atoms with Gasteiger partial charge >= 0.3 is 18.1 Å². The molecule has 0 spiro atoms. The molecule has 2 aromatic carbocycles. The molecule has 0 radical (unpaired) electrons. The number of amides is 2. The largest absolute Gasteiger partial charge is 0.490 e. The smallest absolute Gasteiger partial charge is 0.481 e. The lowest BCUT2D eigenvalue weighted by molar-refractivity contribution is -0.192. The normalized spacial score (nSPS) is 12.1. The Morgan fingerprint density at radius 2 is 1.45 bits per heavy atom. The van der Waals surface area contributed by atoms with Gasteiger partial charge in [-0.05, 0) is 41.7 Å². The van der Waals surface area contributed by atoms with E-state index in [0.717, 1.165) is 11.1 Å². The molecule has 2 amide bonds. The van der Waals surface area contributed by atoms with Gasteiger partial charge in [-0.3, -0.25) is 14.4 Å². The van der Waals surface area contributed by atoms with Crippen molar-refractivity contribution in [2.24, 2.45) is 0 Å². The molecule has 3 aromatic rings. The first-order valence-corrected chi connectivity index (χ1v) is 13.4. The molecule has 14 heteroatoms. The Hall–Kier alpha value is -4.98. The number of nitrogens with zero attached hydrogens (tertiary/aromatic N) is 1. The number of aromatic nitrogens is 1. The first-order valence-electron chi connectivity index (χ1n) is 13.4. The van der Waals surface area contributed by atoms with E-state index in [0.29, 0.717) is 24.3 Å². The minimum atomic E-state index is -5.08. The number of halogens is 3. The fourth-order valence-corrected chi connectivity index (χ4v) is 3.83. The molecule has 236 valence electrons. The van der Waals surface area contributed by atoms with Gasteiger partial charge in [0.25, 0.3) is 0 Å². The molecule has 1 unspecified atom stereocenters. The molecule has 2 atom stereocenters. The van der Waals surface area contributed by atoms with Crippen LogP contribution in [0.3, 0.4) is 0 Å². The highest BCUT2D eigenvalue weighted by Gasteiger charge is 2.38. The molecule has 3 rings (SSSR count). The summed E-state index contributed by atoms with van der Waals surface area (Å²) in [5.74, 6) is -4.00. The predicted molar refractivity (Wildman–Crippen MR) is 154 cm³/mol. The Kier molecular flexibility index (Phi) is 14.3. The number of aliphatic carboxylic acids is 2. The number of alkyl halides is 3. The topological polar surface area (TPSA) is 178 Å². The lowest BCUT2D eigenvalue weighted by atomic mass is 9.98. The highest BCUT2D eigenvalue weighted by atomic mass is 19.4. The number of carboxylic acid groups (broad SMARTS) is 2. The molecular weight excluding hydrogens is 585 g/mol. The van der Waals surface area contributed by atoms with Gasteiger partial charge in [0.15, 0.2) is 0 Å². The fourth-order valence-electron chi connectivity index (χ4n) is 3.83. The molecule has 0 aliphatic heterocycles. The SMILES string of the molecule is O=C(O)C(F)(F)F.O=C(O)CC(NC(=O)[C@H](CCO)NC(=O)CCCNc1ccccn1)c1ccc(-c2ccccc2)cc1. The molecule has 6 N–H and O–H groups in total. The van der Waals surface area contributed by atoms with Crippen LogP contribution in [0.5, 0.6) is 0 Å². The molecule has 0 saturated heterocycles. The zero-order chi connectivity index (χ0) is 32.5. The van der Waals surface area contributed by atoms with E-state index in [4.69, 9.17) is 9.90 Å². The molecule has 0 aliphatic rings. The fraction of sp³-hybridized carbons (Fsp3) is 0.300. The van der Waals surface area contributed by atoms with Crippen molar-refractivity contribution >= 4 is 29.6 Å². The molecule has 0 fully saturated rings. The zero-order valence-electron chi connectivity index (χ0n) is 23.5. The Balaban J connectivity index is 0.000000860. The van der Waals surface area contributed by atoms with Crippen LogP contribution < -0.4 is 16.0 Å². The first-order chi connectivity index (χ1) is 20.9. The van der Waals surface area contributed by atoms with Crippen molar-refractivity contribution in [3.05, 3.63) is 84.6 Å². The van der Waals surface area contributed by atoms with Crippen molar-refractivity contribution < 1.29 is 47.7 Å². The summed E-state index contributed by atoms with van der Waals surface area (Å²) in [7, 11) is 0. The number of carbonyl (C=O) groups excluding carboxylic acids is 2. The lowest BCUT2D eigenvalue weighted by Gasteiger charge is -2.23. The number of anilines is 1. The van der Waals surface area contributed by atoms with E-state index in [1.54, 1.807) is 18.3 Å². The van der Waals surface area contributed by atoms with E-state index in [1.807, 2.05) is 60.7 Å². The van der Waals surface area contributed by atoms with Crippen LogP contribution >= 0.6 is 0 Å². The second-order valence-electron chi connectivity index (χ2n) is 9.33. The van der Waals surface area contributed by atoms with Crippen LogP contribution in [0.1, 0.15) is 37.3 Å². The van der Waals surface area contributed by atoms with Gasteiger partial charge in [0, 0.05) is 25.8 Å². The quantitative estimate of drug-likeness (QED) is 0.147. The van der Waals surface area contributed by atoms with Crippen molar-refractivity contribution in [3.63, 3.8) is 0 Å². The van der Waals surface area contributed by atoms with Gasteiger partial charge in [-0.1, -0.05) is 60.7 Å². The van der Waals surface area contributed by atoms with Gasteiger partial charge < -0.3 is 31.3 Å². The second kappa shape index (κ2) is 17.9. The summed E-state index contributed by atoms with van der Waals surface area (Å²) in [4.78, 5) is 50.0. The number of carbonyl (C=O) groups is 4. The molecule has 0 saturated carbocycles. The van der Waals surface area contributed by atoms with Crippen LogP contribution in [0.25, 0.3) is 11.1 Å². The average Bonchev–Trinajstić information content (AvgIpc) is 2.99. The van der Waals surface area contributed by atoms with Crippen LogP contribution in [0.4, 0.5) is 19.0 Å². The van der Waals surface area contributed by atoms with Crippen LogP contribution in [-0.4, -0.2) is 69.4 Å². The van der Waals surface area contributed by atoms with Gasteiger partial charge in [0.1, 0.15) is 11.9 Å². The van der Waals surface area contributed by atoms with E-state index in [-0.39, 0.29) is 31.8 Å². The average molecular weight is 619 g/mol. The number of aliphatic hydroxyl groups excluding tert-OH is 1. The maximum absolute atomic E-state index is 13.0. The maximum Gasteiger partial charge on any atom is 0.490 e. The standard InChI is InChI=1S/C28H32N4O5.C2HF3O2/c33-18-15-23(31-26(34)10-6-17-30-25-9-4-5-16-29-25)28(37)32-24(19-27(35)36)22-13-11-21(12-14-22)20-7-2-1-3-8-20;3-2(4,5)1(6)7/h1-5,7-9,11-14,16,23-24,33H,6,10,15,17-19H2,(H,29,30)(H,31,34)(H,32,37)(H,35,36);(H,6,7)/t23-,24?;/m0./s1. The third-order valence-corrected chi connectivity index (χ3v) is 5.98. The summed E-state index contributed by atoms with van der Waals surface area (Å²) in [6, 6.07) is 20.8. The van der Waals surface area contributed by atoms with E-state index < -0.39 is 36.1 Å². The van der Waals surface area contributed by atoms with Gasteiger partial charge in [-0.2, -0.15) is 13.2 Å². The molecular formula is C30H33F3N4O7. The minimum absolute atomic E-state index is 0.0104. The lowest BCUT2D eigenvalue weighted by Crippen LogP contribution is -2.48. The van der Waals surface area contributed by atoms with Crippen molar-refractivity contribution in [1.29, 1.82) is 0 Å². The number of rotatable bonds is 14. The highest BCUT2D eigenvalue weighted by Crippen LogP contribution is 2.23. The number of aliphatic hydroxyl groups is 1. The van der Waals surface area contributed by atoms with Gasteiger partial charge in [-0.25, -0.2) is 9.78 Å². The Labute approximate surface area is 251 Å². The number of benzene rings is 2. The molecule has 11 nitrogen and oxygen atoms in total. The van der Waals surface area contributed by atoms with Gasteiger partial charge in [0.05, 0.1) is 12.5 Å². The number of pyridine rings is 1. The van der Waals surface area contributed by atoms with Crippen molar-refractivity contribution in [1.82, 2.24) is 15.6 Å². The van der Waals surface area contributed by atoms with E-state index in [9.17, 15) is 37.8 Å². The van der Waals surface area contributed by atoms with Gasteiger partial charge in [0.2, 0.25) is 11.8 Å². The summed E-state index contributed by atoms with van der Waals surface area (Å²) in [5, 5.41) is 34.5. The van der Waals surface area contributed by atoms with E-state index in [1.165, 1.54) is 0 Å². The van der Waals surface area contributed by atoms with E-state index >= 15 is 0 Å². The summed E-state index contributed by atoms with van der Waals surface area (Å²) in [6.07, 6.45) is -3.03. The Morgan fingerprint density at radius 1 is 0.841 bits per heavy atom. The molecule has 0 aliphatic carbocycles. The number of carboxylic acids is 2. The Morgan fingerprint density at radius 3 is 2.00 bits per heavy atom. The zero-order valence-corrected chi connectivity index (χ0v) is 23.5. The van der Waals surface area contributed by atoms with E-state index in [2.05, 4.69) is 20.9 Å². The molecule has 1 heterocycles. The summed E-state index contributed by atoms with van der Waals surface area (Å²) < 4.78 is 31.7. The van der Waals surface area contributed by atoms with Crippen LogP contribution in [0.2, 0.25) is 0 Å². The molecule has 0 bridgehead atoms. The second-order valence-corrected chi connectivity index (χ2v) is 9.33. The number of hydrogen-bond acceptors (Lipinski definition) is 7. The van der Waals surface area contributed by atoms with Crippen molar-refractivity contribution in [3.8, 4) is 11.1 Å². The van der Waals surface area contributed by atoms with Crippen LogP contribution in [0, 0.1) is 0 Å². The third kappa shape index (κ3) is 12.9. The Bertz CT molecular complexity index is 1340. The summed E-state index contributed by atoms with van der Waals surface area (Å²) >= 11 is 0. The minimum Gasteiger partial charge on any atom is -0.481 e. The highest BCUT2D eigenvalue weighted by molar-refractivity contribution is 5.88. The van der Waals surface area contributed by atoms with Crippen LogP contribution in [0.15, 0.2) is 79.0 Å². The molecule has 1 aromatic heterocycles. The monoisotopic (exact) mass is 618 g/mol. The molecule has 44 heavy (non-hydrogen) atoms. The van der Waals surface area contributed by atoms with Crippen molar-refractivity contribution in [2.45, 2.75) is 43.9 Å². The predicted octanol–water partition coefficient (Wildman–Crippen LogP) is 3.77. The summed E-state index contributed by atoms with van der Waals surface area (Å²) in [6.45, 7) is 0.218. The number of hydrogen-bond donors (Lipinski definition) is 6. The summed E-state index contributed by atoms with van der Waals surface area (Å²) in [5.41, 5.74) is 2.62. The van der Waals surface area contributed by atoms with Gasteiger partial charge in [-0.15, -0.1) is 0 Å². The number of nitrogens with one attached hydrogen (secondary N) is 3. The third-order valence-electron chi connectivity index (χ3n) is 5.98. The maximum atomic E-state index is 13.0. The first kappa shape index (κ1) is 35.2.